The molecule has 0 amide bonds. The van der Waals surface area contributed by atoms with Gasteiger partial charge in [-0.25, -0.2) is 4.79 Å². The zero-order valence-electron chi connectivity index (χ0n) is 11.6. The van der Waals surface area contributed by atoms with Crippen LogP contribution in [0.2, 0.25) is 5.02 Å². The van der Waals surface area contributed by atoms with Gasteiger partial charge in [0.2, 0.25) is 0 Å². The van der Waals surface area contributed by atoms with Crippen LogP contribution in [-0.2, 0) is 4.74 Å². The lowest BCUT2D eigenvalue weighted by Crippen LogP contribution is -2.48. The van der Waals surface area contributed by atoms with Crippen molar-refractivity contribution >= 4 is 28.9 Å². The number of carboxylic acids is 1. The van der Waals surface area contributed by atoms with E-state index in [4.69, 9.17) is 16.3 Å². The third-order valence-electron chi connectivity index (χ3n) is 3.23. The Bertz CT molecular complexity index is 602. The molecule has 1 aliphatic rings. The van der Waals surface area contributed by atoms with Crippen molar-refractivity contribution in [2.24, 2.45) is 0 Å². The molecule has 0 bridgehead atoms. The Balaban J connectivity index is 2.52. The van der Waals surface area contributed by atoms with E-state index in [0.717, 1.165) is 6.07 Å². The molecule has 1 aromatic carbocycles. The molecule has 0 radical (unpaired) electrons. The molecular weight excluding hydrogens is 300 g/mol. The Morgan fingerprint density at radius 1 is 1.52 bits per heavy atom. The number of nitro benzene ring substituents is 1. The highest BCUT2D eigenvalue weighted by atomic mass is 35.5. The number of aromatic carboxylic acids is 1. The summed E-state index contributed by atoms with van der Waals surface area (Å²) in [5, 5.41) is 20.2. The lowest BCUT2D eigenvalue weighted by molar-refractivity contribution is -0.384. The van der Waals surface area contributed by atoms with Crippen molar-refractivity contribution in [2.75, 3.05) is 24.6 Å². The van der Waals surface area contributed by atoms with E-state index in [0.29, 0.717) is 25.4 Å². The highest BCUT2D eigenvalue weighted by Gasteiger charge is 2.31. The minimum atomic E-state index is -1.25. The van der Waals surface area contributed by atoms with Gasteiger partial charge in [0.1, 0.15) is 0 Å². The number of ether oxygens (including phenoxy) is 1. The summed E-state index contributed by atoms with van der Waals surface area (Å²) in [5.41, 5.74) is -0.661. The van der Waals surface area contributed by atoms with Crippen LogP contribution in [0, 0.1) is 10.1 Å². The summed E-state index contributed by atoms with van der Waals surface area (Å²) in [6, 6.07) is 2.21. The van der Waals surface area contributed by atoms with Gasteiger partial charge in [0.15, 0.2) is 0 Å². The summed E-state index contributed by atoms with van der Waals surface area (Å²) in [7, 11) is 0. The van der Waals surface area contributed by atoms with Crippen LogP contribution >= 0.6 is 11.6 Å². The van der Waals surface area contributed by atoms with Crippen molar-refractivity contribution in [3.63, 3.8) is 0 Å². The van der Waals surface area contributed by atoms with Crippen LogP contribution < -0.4 is 4.90 Å². The Morgan fingerprint density at radius 3 is 2.71 bits per heavy atom. The van der Waals surface area contributed by atoms with Gasteiger partial charge in [0.05, 0.1) is 33.4 Å². The number of benzene rings is 1. The highest BCUT2D eigenvalue weighted by Crippen LogP contribution is 2.36. The average molecular weight is 315 g/mol. The number of non-ortho nitro benzene ring substituents is 1. The van der Waals surface area contributed by atoms with Crippen molar-refractivity contribution in [1.29, 1.82) is 0 Å². The molecule has 1 aromatic rings. The van der Waals surface area contributed by atoms with E-state index in [1.165, 1.54) is 6.07 Å². The second-order valence-electron chi connectivity index (χ2n) is 5.42. The summed E-state index contributed by atoms with van der Waals surface area (Å²) >= 11 is 6.10. The number of carbonyl (C=O) groups is 1. The topological polar surface area (TPSA) is 92.9 Å². The smallest absolute Gasteiger partial charge is 0.338 e. The summed E-state index contributed by atoms with van der Waals surface area (Å²) in [6.07, 6.45) is 0. The van der Waals surface area contributed by atoms with E-state index in [1.54, 1.807) is 4.90 Å². The maximum atomic E-state index is 11.4. The van der Waals surface area contributed by atoms with Crippen molar-refractivity contribution in [1.82, 2.24) is 0 Å². The first-order valence-electron chi connectivity index (χ1n) is 6.31. The first-order valence-corrected chi connectivity index (χ1v) is 6.69. The van der Waals surface area contributed by atoms with E-state index in [1.807, 2.05) is 13.8 Å². The predicted molar refractivity (Wildman–Crippen MR) is 77.3 cm³/mol. The number of morpholine rings is 1. The molecule has 1 fully saturated rings. The molecule has 2 rings (SSSR count). The summed E-state index contributed by atoms with van der Waals surface area (Å²) in [6.45, 7) is 5.13. The third kappa shape index (κ3) is 3.25. The number of hydrogen-bond donors (Lipinski definition) is 1. The van der Waals surface area contributed by atoms with E-state index in [2.05, 4.69) is 0 Å². The molecule has 114 valence electrons. The van der Waals surface area contributed by atoms with Gasteiger partial charge in [-0.1, -0.05) is 11.6 Å². The van der Waals surface area contributed by atoms with E-state index >= 15 is 0 Å². The maximum Gasteiger partial charge on any atom is 0.338 e. The molecule has 7 nitrogen and oxygen atoms in total. The van der Waals surface area contributed by atoms with Crippen LogP contribution in [0.5, 0.6) is 0 Å². The first-order chi connectivity index (χ1) is 9.71. The van der Waals surface area contributed by atoms with Gasteiger partial charge >= 0.3 is 5.97 Å². The zero-order chi connectivity index (χ0) is 15.8. The minimum absolute atomic E-state index is 0.0549. The minimum Gasteiger partial charge on any atom is -0.478 e. The van der Waals surface area contributed by atoms with Crippen LogP contribution in [0.3, 0.4) is 0 Å². The largest absolute Gasteiger partial charge is 0.478 e. The molecule has 1 aliphatic heterocycles. The number of hydrogen-bond acceptors (Lipinski definition) is 5. The molecule has 0 aromatic heterocycles. The van der Waals surface area contributed by atoms with Crippen LogP contribution in [0.4, 0.5) is 11.4 Å². The van der Waals surface area contributed by atoms with E-state index in [-0.39, 0.29) is 16.3 Å². The molecule has 21 heavy (non-hydrogen) atoms. The molecule has 0 atom stereocenters. The van der Waals surface area contributed by atoms with Crippen LogP contribution in [-0.4, -0.2) is 41.3 Å². The van der Waals surface area contributed by atoms with Crippen LogP contribution in [0.15, 0.2) is 12.1 Å². The van der Waals surface area contributed by atoms with Crippen molar-refractivity contribution in [3.8, 4) is 0 Å². The lowest BCUT2D eigenvalue weighted by Gasteiger charge is -2.40. The predicted octanol–water partition coefficient (Wildman–Crippen LogP) is 2.56. The van der Waals surface area contributed by atoms with Crippen molar-refractivity contribution in [3.05, 3.63) is 32.8 Å². The Labute approximate surface area is 126 Å². The number of nitrogens with zero attached hydrogens (tertiary/aromatic N) is 2. The van der Waals surface area contributed by atoms with Gasteiger partial charge in [-0.3, -0.25) is 10.1 Å². The van der Waals surface area contributed by atoms with Crippen LogP contribution in [0.25, 0.3) is 0 Å². The Kier molecular flexibility index (Phi) is 4.06. The molecule has 1 heterocycles. The molecule has 1 N–H and O–H groups in total. The zero-order valence-corrected chi connectivity index (χ0v) is 12.4. The monoisotopic (exact) mass is 314 g/mol. The van der Waals surface area contributed by atoms with Gasteiger partial charge in [-0.05, 0) is 13.8 Å². The second-order valence-corrected chi connectivity index (χ2v) is 5.82. The first kappa shape index (κ1) is 15.5. The second kappa shape index (κ2) is 5.50. The normalized spacial score (nSPS) is 17.6. The molecule has 0 aliphatic carbocycles. The van der Waals surface area contributed by atoms with Crippen LogP contribution in [0.1, 0.15) is 24.2 Å². The number of halogens is 1. The SMILES string of the molecule is CC1(C)CN(c2c(Cl)cc([N+](=O)[O-])cc2C(=O)O)CCO1. The summed E-state index contributed by atoms with van der Waals surface area (Å²) in [5.74, 6) is -1.25. The fourth-order valence-corrected chi connectivity index (χ4v) is 2.72. The van der Waals surface area contributed by atoms with Crippen molar-refractivity contribution < 1.29 is 19.6 Å². The summed E-state index contributed by atoms with van der Waals surface area (Å²) < 4.78 is 5.58. The number of nitro groups is 1. The van der Waals surface area contributed by atoms with Gasteiger partial charge in [-0.2, -0.15) is 0 Å². The fourth-order valence-electron chi connectivity index (χ4n) is 2.38. The number of rotatable bonds is 3. The average Bonchev–Trinajstić information content (AvgIpc) is 2.36. The molecule has 0 spiro atoms. The molecule has 0 unspecified atom stereocenters. The summed E-state index contributed by atoms with van der Waals surface area (Å²) in [4.78, 5) is 23.4. The number of carboxylic acid groups (broad SMARTS) is 1. The maximum absolute atomic E-state index is 11.4. The third-order valence-corrected chi connectivity index (χ3v) is 3.52. The van der Waals surface area contributed by atoms with Gasteiger partial charge < -0.3 is 14.7 Å². The molecule has 0 saturated carbocycles. The Hall–Kier alpha value is -1.86. The quantitative estimate of drug-likeness (QED) is 0.681. The number of anilines is 1. The Morgan fingerprint density at radius 2 is 2.19 bits per heavy atom. The van der Waals surface area contributed by atoms with Gasteiger partial charge in [-0.15, -0.1) is 0 Å². The van der Waals surface area contributed by atoms with Gasteiger partial charge in [0.25, 0.3) is 5.69 Å². The van der Waals surface area contributed by atoms with E-state index < -0.39 is 16.5 Å². The fraction of sp³-hybridized carbons (Fsp3) is 0.462. The standard InChI is InChI=1S/C13H15ClN2O5/c1-13(2)7-15(3-4-21-13)11-9(12(17)18)5-8(16(19)20)6-10(11)14/h5-6H,3-4,7H2,1-2H3,(H,17,18). The van der Waals surface area contributed by atoms with E-state index in [9.17, 15) is 20.0 Å². The highest BCUT2D eigenvalue weighted by molar-refractivity contribution is 6.34. The lowest BCUT2D eigenvalue weighted by atomic mass is 10.0. The van der Waals surface area contributed by atoms with Crippen molar-refractivity contribution in [2.45, 2.75) is 19.4 Å². The molecular formula is C13H15ClN2O5. The molecule has 8 heteroatoms. The van der Waals surface area contributed by atoms with Gasteiger partial charge in [0, 0.05) is 25.2 Å². The molecule has 1 saturated heterocycles.